The summed E-state index contributed by atoms with van der Waals surface area (Å²) in [5.74, 6) is 0.252. The predicted octanol–water partition coefficient (Wildman–Crippen LogP) is 1.20. The number of carbonyl (C=O) groups is 2. The highest BCUT2D eigenvalue weighted by Crippen LogP contribution is 2.32. The van der Waals surface area contributed by atoms with E-state index in [0.717, 1.165) is 32.2 Å². The van der Waals surface area contributed by atoms with Crippen LogP contribution in [0.5, 0.6) is 0 Å². The van der Waals surface area contributed by atoms with Crippen LogP contribution in [0.2, 0.25) is 0 Å². The lowest BCUT2D eigenvalue weighted by atomic mass is 9.98. The molecule has 16 heavy (non-hydrogen) atoms. The summed E-state index contributed by atoms with van der Waals surface area (Å²) < 4.78 is 5.01. The summed E-state index contributed by atoms with van der Waals surface area (Å²) in [5.41, 5.74) is 0. The van der Waals surface area contributed by atoms with Crippen molar-refractivity contribution in [2.24, 2.45) is 11.8 Å². The third-order valence-corrected chi connectivity index (χ3v) is 3.28. The molecule has 0 unspecified atom stereocenters. The Morgan fingerprint density at radius 2 is 2.00 bits per heavy atom. The molecule has 2 aliphatic rings. The van der Waals surface area contributed by atoms with Crippen molar-refractivity contribution >= 4 is 11.9 Å². The Balaban J connectivity index is 1.87. The normalized spacial score (nSPS) is 25.3. The molecule has 1 saturated heterocycles. The van der Waals surface area contributed by atoms with Crippen LogP contribution in [0.4, 0.5) is 0 Å². The maximum atomic E-state index is 11.9. The minimum Gasteiger partial charge on any atom is -0.466 e. The molecule has 0 radical (unpaired) electrons. The van der Waals surface area contributed by atoms with Crippen LogP contribution in [0.1, 0.15) is 32.6 Å². The second-order valence-corrected chi connectivity index (χ2v) is 4.65. The zero-order valence-corrected chi connectivity index (χ0v) is 9.78. The summed E-state index contributed by atoms with van der Waals surface area (Å²) in [5, 5.41) is 0. The van der Waals surface area contributed by atoms with Gasteiger partial charge in [0.15, 0.2) is 0 Å². The summed E-state index contributed by atoms with van der Waals surface area (Å²) in [6.45, 7) is 3.61. The molecule has 0 aromatic rings. The number of carbonyl (C=O) groups excluding carboxylic acids is 2. The van der Waals surface area contributed by atoms with E-state index in [-0.39, 0.29) is 23.7 Å². The van der Waals surface area contributed by atoms with Crippen LogP contribution in [0.25, 0.3) is 0 Å². The Labute approximate surface area is 95.9 Å². The van der Waals surface area contributed by atoms with Gasteiger partial charge in [0.25, 0.3) is 0 Å². The van der Waals surface area contributed by atoms with Crippen molar-refractivity contribution in [1.82, 2.24) is 4.90 Å². The Hall–Kier alpha value is -1.06. The van der Waals surface area contributed by atoms with E-state index in [1.165, 1.54) is 0 Å². The van der Waals surface area contributed by atoms with Gasteiger partial charge in [-0.25, -0.2) is 0 Å². The highest BCUT2D eigenvalue weighted by Gasteiger charge is 2.36. The van der Waals surface area contributed by atoms with Crippen LogP contribution in [0.15, 0.2) is 0 Å². The predicted molar refractivity (Wildman–Crippen MR) is 58.7 cm³/mol. The number of likely N-dealkylation sites (tertiary alicyclic amines) is 1. The summed E-state index contributed by atoms with van der Waals surface area (Å²) >= 11 is 0. The van der Waals surface area contributed by atoms with E-state index in [0.29, 0.717) is 13.2 Å². The molecule has 1 heterocycles. The second kappa shape index (κ2) is 4.85. The molecule has 2 fully saturated rings. The number of amides is 1. The monoisotopic (exact) mass is 225 g/mol. The van der Waals surface area contributed by atoms with E-state index in [2.05, 4.69) is 0 Å². The molecule has 1 aliphatic carbocycles. The topological polar surface area (TPSA) is 46.6 Å². The number of piperidine rings is 1. The first-order chi connectivity index (χ1) is 7.72. The van der Waals surface area contributed by atoms with Gasteiger partial charge in [-0.15, -0.1) is 0 Å². The first-order valence-corrected chi connectivity index (χ1v) is 6.17. The first kappa shape index (κ1) is 11.4. The molecular weight excluding hydrogens is 206 g/mol. The molecule has 90 valence electrons. The fourth-order valence-corrected chi connectivity index (χ4v) is 2.22. The average Bonchev–Trinajstić information content (AvgIpc) is 3.12. The minimum absolute atomic E-state index is 0.101. The van der Waals surface area contributed by atoms with Crippen molar-refractivity contribution in [3.8, 4) is 0 Å². The molecule has 1 saturated carbocycles. The van der Waals surface area contributed by atoms with E-state index in [1.54, 1.807) is 0 Å². The van der Waals surface area contributed by atoms with Crippen LogP contribution >= 0.6 is 0 Å². The van der Waals surface area contributed by atoms with Gasteiger partial charge in [-0.05, 0) is 32.6 Å². The molecular formula is C12H19NO3. The lowest BCUT2D eigenvalue weighted by Gasteiger charge is -2.31. The van der Waals surface area contributed by atoms with Crippen molar-refractivity contribution < 1.29 is 14.3 Å². The minimum atomic E-state index is -0.143. The number of ether oxygens (including phenoxy) is 1. The molecule has 4 heteroatoms. The summed E-state index contributed by atoms with van der Waals surface area (Å²) in [6.07, 6.45) is 3.83. The average molecular weight is 225 g/mol. The zero-order valence-electron chi connectivity index (χ0n) is 9.78. The largest absolute Gasteiger partial charge is 0.466 e. The molecule has 4 nitrogen and oxygen atoms in total. The molecule has 1 amide bonds. The van der Waals surface area contributed by atoms with Crippen LogP contribution in [0, 0.1) is 11.8 Å². The molecule has 0 aromatic carbocycles. The molecule has 2 rings (SSSR count). The maximum Gasteiger partial charge on any atom is 0.310 e. The van der Waals surface area contributed by atoms with Crippen LogP contribution < -0.4 is 0 Å². The SMILES string of the molecule is CCOC(=O)[C@@H]1CCCN(C(=O)C2CC2)C1. The third-order valence-electron chi connectivity index (χ3n) is 3.28. The van der Waals surface area contributed by atoms with Gasteiger partial charge in [0.1, 0.15) is 0 Å². The van der Waals surface area contributed by atoms with Gasteiger partial charge in [0, 0.05) is 19.0 Å². The lowest BCUT2D eigenvalue weighted by Crippen LogP contribution is -2.43. The van der Waals surface area contributed by atoms with Gasteiger partial charge in [-0.2, -0.15) is 0 Å². The fraction of sp³-hybridized carbons (Fsp3) is 0.833. The van der Waals surface area contributed by atoms with Gasteiger partial charge < -0.3 is 9.64 Å². The molecule has 1 aliphatic heterocycles. The maximum absolute atomic E-state index is 11.9. The van der Waals surface area contributed by atoms with Gasteiger partial charge >= 0.3 is 5.97 Å². The molecule has 0 bridgehead atoms. The fourth-order valence-electron chi connectivity index (χ4n) is 2.22. The van der Waals surface area contributed by atoms with E-state index in [4.69, 9.17) is 4.74 Å². The Morgan fingerprint density at radius 3 is 2.62 bits per heavy atom. The standard InChI is InChI=1S/C12H19NO3/c1-2-16-12(15)10-4-3-7-13(8-10)11(14)9-5-6-9/h9-10H,2-8H2,1H3/t10-/m1/s1. The lowest BCUT2D eigenvalue weighted by molar-refractivity contribution is -0.151. The molecule has 0 spiro atoms. The Bertz CT molecular complexity index is 286. The number of hydrogen-bond acceptors (Lipinski definition) is 3. The zero-order chi connectivity index (χ0) is 11.5. The Morgan fingerprint density at radius 1 is 1.25 bits per heavy atom. The quantitative estimate of drug-likeness (QED) is 0.678. The van der Waals surface area contributed by atoms with E-state index < -0.39 is 0 Å². The molecule has 1 atom stereocenters. The number of nitrogens with zero attached hydrogens (tertiary/aromatic N) is 1. The highest BCUT2D eigenvalue weighted by molar-refractivity contribution is 5.82. The number of esters is 1. The van der Waals surface area contributed by atoms with Crippen molar-refractivity contribution in [3.05, 3.63) is 0 Å². The van der Waals surface area contributed by atoms with E-state index >= 15 is 0 Å². The van der Waals surface area contributed by atoms with E-state index in [9.17, 15) is 9.59 Å². The van der Waals surface area contributed by atoms with Crippen LogP contribution in [-0.4, -0.2) is 36.5 Å². The van der Waals surface area contributed by atoms with Crippen LogP contribution in [0.3, 0.4) is 0 Å². The summed E-state index contributed by atoms with van der Waals surface area (Å²) in [7, 11) is 0. The third kappa shape index (κ3) is 2.54. The number of hydrogen-bond donors (Lipinski definition) is 0. The summed E-state index contributed by atoms with van der Waals surface area (Å²) in [4.78, 5) is 25.3. The Kier molecular flexibility index (Phi) is 3.46. The summed E-state index contributed by atoms with van der Waals surface area (Å²) in [6, 6.07) is 0. The van der Waals surface area contributed by atoms with Crippen molar-refractivity contribution in [2.75, 3.05) is 19.7 Å². The smallest absolute Gasteiger partial charge is 0.310 e. The van der Waals surface area contributed by atoms with Gasteiger partial charge in [-0.1, -0.05) is 0 Å². The van der Waals surface area contributed by atoms with Gasteiger partial charge in [-0.3, -0.25) is 9.59 Å². The second-order valence-electron chi connectivity index (χ2n) is 4.65. The van der Waals surface area contributed by atoms with Gasteiger partial charge in [0.05, 0.1) is 12.5 Å². The van der Waals surface area contributed by atoms with E-state index in [1.807, 2.05) is 11.8 Å². The van der Waals surface area contributed by atoms with Crippen molar-refractivity contribution in [1.29, 1.82) is 0 Å². The van der Waals surface area contributed by atoms with Crippen LogP contribution in [-0.2, 0) is 14.3 Å². The molecule has 0 N–H and O–H groups in total. The number of rotatable bonds is 3. The first-order valence-electron chi connectivity index (χ1n) is 6.17. The molecule has 0 aromatic heterocycles. The van der Waals surface area contributed by atoms with Crippen molar-refractivity contribution in [3.63, 3.8) is 0 Å². The van der Waals surface area contributed by atoms with Crippen molar-refractivity contribution in [2.45, 2.75) is 32.6 Å². The van der Waals surface area contributed by atoms with Gasteiger partial charge in [0.2, 0.25) is 5.91 Å². The highest BCUT2D eigenvalue weighted by atomic mass is 16.5.